The van der Waals surface area contributed by atoms with Crippen LogP contribution in [0.4, 0.5) is 0 Å². The molecule has 0 fully saturated rings. The van der Waals surface area contributed by atoms with Crippen LogP contribution in [0.1, 0.15) is 33.6 Å². The number of nitrogens with one attached hydrogen (secondary N) is 1. The van der Waals surface area contributed by atoms with Crippen molar-refractivity contribution in [1.82, 2.24) is 10.2 Å². The maximum absolute atomic E-state index is 10.7. The predicted octanol–water partition coefficient (Wildman–Crippen LogP) is 1.73. The Morgan fingerprint density at radius 2 is 2.12 bits per heavy atom. The third-order valence-electron chi connectivity index (χ3n) is 3.13. The summed E-state index contributed by atoms with van der Waals surface area (Å²) in [4.78, 5) is 13.0. The Hall–Kier alpha value is -0.870. The fraction of sp³-hybridized carbons (Fsp3) is 0.769. The molecule has 4 nitrogen and oxygen atoms in total. The molecule has 0 aromatic heterocycles. The molecule has 2 N–H and O–H groups in total. The van der Waals surface area contributed by atoms with Gasteiger partial charge in [0, 0.05) is 31.2 Å². The molecule has 0 bridgehead atoms. The molecular weight excluding hydrogens is 216 g/mol. The first kappa shape index (κ1) is 16.1. The zero-order valence-corrected chi connectivity index (χ0v) is 11.5. The molecule has 0 aliphatic carbocycles. The second-order valence-corrected chi connectivity index (χ2v) is 4.33. The van der Waals surface area contributed by atoms with E-state index < -0.39 is 5.97 Å². The smallest absolute Gasteiger partial charge is 0.331 e. The molecule has 4 heteroatoms. The number of likely N-dealkylation sites (N-methyl/N-ethyl adjacent to an activating group) is 1. The molecule has 17 heavy (non-hydrogen) atoms. The van der Waals surface area contributed by atoms with Crippen molar-refractivity contribution in [3.8, 4) is 0 Å². The number of nitrogens with zero attached hydrogens (tertiary/aromatic N) is 1. The largest absolute Gasteiger partial charge is 0.478 e. The van der Waals surface area contributed by atoms with Crippen molar-refractivity contribution < 1.29 is 9.90 Å². The van der Waals surface area contributed by atoms with Crippen LogP contribution in [0.25, 0.3) is 0 Å². The van der Waals surface area contributed by atoms with Crippen LogP contribution in [-0.2, 0) is 4.79 Å². The van der Waals surface area contributed by atoms with Crippen molar-refractivity contribution in [2.24, 2.45) is 0 Å². The SMILES string of the molecule is CC/C(=C/CNCCN(C)C(C)CC)C(=O)O. The average Bonchev–Trinajstić information content (AvgIpc) is 2.31. The Bertz CT molecular complexity index is 252. The van der Waals surface area contributed by atoms with Gasteiger partial charge in [-0.3, -0.25) is 0 Å². The van der Waals surface area contributed by atoms with Gasteiger partial charge in [-0.15, -0.1) is 0 Å². The highest BCUT2D eigenvalue weighted by Crippen LogP contribution is 1.99. The molecule has 0 aromatic carbocycles. The number of aliphatic carboxylic acids is 1. The van der Waals surface area contributed by atoms with Crippen LogP contribution in [0.3, 0.4) is 0 Å². The van der Waals surface area contributed by atoms with Gasteiger partial charge in [0.25, 0.3) is 0 Å². The molecule has 0 saturated carbocycles. The quantitative estimate of drug-likeness (QED) is 0.477. The molecule has 0 saturated heterocycles. The van der Waals surface area contributed by atoms with E-state index in [2.05, 4.69) is 31.1 Å². The minimum absolute atomic E-state index is 0.479. The summed E-state index contributed by atoms with van der Waals surface area (Å²) in [5.74, 6) is -0.814. The third kappa shape index (κ3) is 7.13. The number of carboxylic acid groups (broad SMARTS) is 1. The van der Waals surface area contributed by atoms with Gasteiger partial charge in [0.2, 0.25) is 0 Å². The van der Waals surface area contributed by atoms with Crippen LogP contribution in [0.2, 0.25) is 0 Å². The van der Waals surface area contributed by atoms with Crippen molar-refractivity contribution in [3.63, 3.8) is 0 Å². The normalized spacial score (nSPS) is 14.1. The van der Waals surface area contributed by atoms with E-state index in [-0.39, 0.29) is 0 Å². The van der Waals surface area contributed by atoms with E-state index in [0.29, 0.717) is 24.6 Å². The van der Waals surface area contributed by atoms with Crippen molar-refractivity contribution >= 4 is 5.97 Å². The molecule has 0 radical (unpaired) electrons. The molecule has 1 unspecified atom stereocenters. The first-order chi connectivity index (χ1) is 8.02. The second kappa shape index (κ2) is 9.19. The highest BCUT2D eigenvalue weighted by Gasteiger charge is 2.05. The second-order valence-electron chi connectivity index (χ2n) is 4.33. The lowest BCUT2D eigenvalue weighted by Gasteiger charge is -2.23. The third-order valence-corrected chi connectivity index (χ3v) is 3.13. The van der Waals surface area contributed by atoms with Crippen LogP contribution in [0.15, 0.2) is 11.6 Å². The molecule has 0 heterocycles. The number of rotatable bonds is 9. The molecule has 100 valence electrons. The van der Waals surface area contributed by atoms with Crippen molar-refractivity contribution in [2.75, 3.05) is 26.7 Å². The van der Waals surface area contributed by atoms with Crippen LogP contribution >= 0.6 is 0 Å². The standard InChI is InChI=1S/C13H26N2O2/c1-5-11(3)15(4)10-9-14-8-7-12(6-2)13(16)17/h7,11,14H,5-6,8-10H2,1-4H3,(H,16,17)/b12-7-. The van der Waals surface area contributed by atoms with Gasteiger partial charge in [-0.2, -0.15) is 0 Å². The zero-order chi connectivity index (χ0) is 13.3. The highest BCUT2D eigenvalue weighted by molar-refractivity contribution is 5.86. The fourth-order valence-electron chi connectivity index (χ4n) is 1.47. The van der Waals surface area contributed by atoms with Gasteiger partial charge in [-0.1, -0.05) is 19.9 Å². The summed E-state index contributed by atoms with van der Waals surface area (Å²) in [7, 11) is 2.11. The topological polar surface area (TPSA) is 52.6 Å². The first-order valence-electron chi connectivity index (χ1n) is 6.36. The minimum Gasteiger partial charge on any atom is -0.478 e. The highest BCUT2D eigenvalue weighted by atomic mass is 16.4. The molecular formula is C13H26N2O2. The molecule has 0 aliphatic rings. The van der Waals surface area contributed by atoms with Gasteiger partial charge in [0.05, 0.1) is 0 Å². The first-order valence-corrected chi connectivity index (χ1v) is 6.36. The molecule has 0 rings (SSSR count). The van der Waals surface area contributed by atoms with Crippen LogP contribution < -0.4 is 5.32 Å². The lowest BCUT2D eigenvalue weighted by atomic mass is 10.2. The maximum Gasteiger partial charge on any atom is 0.331 e. The molecule has 0 spiro atoms. The summed E-state index contributed by atoms with van der Waals surface area (Å²) in [6, 6.07) is 0.595. The number of carbonyl (C=O) groups is 1. The molecule has 1 atom stereocenters. The molecule has 0 aliphatic heterocycles. The van der Waals surface area contributed by atoms with Gasteiger partial charge in [-0.05, 0) is 26.8 Å². The van der Waals surface area contributed by atoms with E-state index in [4.69, 9.17) is 5.11 Å². The van der Waals surface area contributed by atoms with E-state index in [1.54, 1.807) is 6.08 Å². The Morgan fingerprint density at radius 1 is 1.47 bits per heavy atom. The Kier molecular flexibility index (Phi) is 8.72. The summed E-state index contributed by atoms with van der Waals surface area (Å²) < 4.78 is 0. The molecule has 0 aromatic rings. The summed E-state index contributed by atoms with van der Waals surface area (Å²) in [6.07, 6.45) is 3.48. The van der Waals surface area contributed by atoms with Crippen LogP contribution in [0, 0.1) is 0 Å². The molecule has 0 amide bonds. The summed E-state index contributed by atoms with van der Waals surface area (Å²) in [5.41, 5.74) is 0.479. The Morgan fingerprint density at radius 3 is 2.59 bits per heavy atom. The monoisotopic (exact) mass is 242 g/mol. The van der Waals surface area contributed by atoms with Crippen LogP contribution in [0.5, 0.6) is 0 Å². The Labute approximate surface area is 105 Å². The number of hydrogen-bond acceptors (Lipinski definition) is 3. The maximum atomic E-state index is 10.7. The zero-order valence-electron chi connectivity index (χ0n) is 11.5. The van der Waals surface area contributed by atoms with Gasteiger partial charge in [-0.25, -0.2) is 4.79 Å². The van der Waals surface area contributed by atoms with Gasteiger partial charge < -0.3 is 15.3 Å². The number of hydrogen-bond donors (Lipinski definition) is 2. The Balaban J connectivity index is 3.75. The van der Waals surface area contributed by atoms with Crippen molar-refractivity contribution in [2.45, 2.75) is 39.7 Å². The van der Waals surface area contributed by atoms with Gasteiger partial charge in [0.1, 0.15) is 0 Å². The van der Waals surface area contributed by atoms with E-state index in [9.17, 15) is 4.79 Å². The van der Waals surface area contributed by atoms with Crippen LogP contribution in [-0.4, -0.2) is 48.7 Å². The number of carboxylic acids is 1. The lowest BCUT2D eigenvalue weighted by Crippen LogP contribution is -2.35. The lowest BCUT2D eigenvalue weighted by molar-refractivity contribution is -0.132. The predicted molar refractivity (Wildman–Crippen MR) is 71.3 cm³/mol. The van der Waals surface area contributed by atoms with Crippen molar-refractivity contribution in [3.05, 3.63) is 11.6 Å². The summed E-state index contributed by atoms with van der Waals surface area (Å²) >= 11 is 0. The van der Waals surface area contributed by atoms with E-state index in [1.165, 1.54) is 0 Å². The summed E-state index contributed by atoms with van der Waals surface area (Å²) in [6.45, 7) is 8.74. The fourth-order valence-corrected chi connectivity index (χ4v) is 1.47. The van der Waals surface area contributed by atoms with Crippen molar-refractivity contribution in [1.29, 1.82) is 0 Å². The van der Waals surface area contributed by atoms with E-state index in [1.807, 2.05) is 6.92 Å². The van der Waals surface area contributed by atoms with E-state index in [0.717, 1.165) is 19.5 Å². The van der Waals surface area contributed by atoms with E-state index >= 15 is 0 Å². The van der Waals surface area contributed by atoms with Gasteiger partial charge in [0.15, 0.2) is 0 Å². The average molecular weight is 242 g/mol. The summed E-state index contributed by atoms with van der Waals surface area (Å²) in [5, 5.41) is 12.1. The minimum atomic E-state index is -0.814. The van der Waals surface area contributed by atoms with Gasteiger partial charge >= 0.3 is 5.97 Å².